The average molecular weight is 263 g/mol. The summed E-state index contributed by atoms with van der Waals surface area (Å²) >= 11 is 3.66. The van der Waals surface area contributed by atoms with E-state index < -0.39 is 36.8 Å². The minimum atomic E-state index is -1.33. The van der Waals surface area contributed by atoms with Crippen molar-refractivity contribution in [1.82, 2.24) is 10.2 Å². The molecule has 0 unspecified atom stereocenters. The number of carbonyl (C=O) groups excluding carboxylic acids is 3. The maximum absolute atomic E-state index is 11.5. The van der Waals surface area contributed by atoms with Gasteiger partial charge in [0.05, 0.1) is 18.8 Å². The summed E-state index contributed by atoms with van der Waals surface area (Å²) in [5.41, 5.74) is 4.99. The van der Waals surface area contributed by atoms with E-state index >= 15 is 0 Å². The number of aliphatic carboxylic acids is 1. The van der Waals surface area contributed by atoms with Crippen molar-refractivity contribution in [2.45, 2.75) is 0 Å². The standard InChI is InChI=1S/C8H13N3O5S/c9-1-5(12)10-2-6(13)11(3-8(15)16)7(14)4-17/h17H,1-4,9H2,(H,10,12)(H,15,16). The van der Waals surface area contributed by atoms with E-state index in [0.29, 0.717) is 4.90 Å². The third-order valence-electron chi connectivity index (χ3n) is 1.65. The van der Waals surface area contributed by atoms with Gasteiger partial charge in [-0.05, 0) is 0 Å². The predicted molar refractivity (Wildman–Crippen MR) is 60.3 cm³/mol. The van der Waals surface area contributed by atoms with E-state index in [1.54, 1.807) is 0 Å². The van der Waals surface area contributed by atoms with Crippen LogP contribution >= 0.6 is 12.6 Å². The maximum Gasteiger partial charge on any atom is 0.323 e. The summed E-state index contributed by atoms with van der Waals surface area (Å²) in [7, 11) is 0. The first kappa shape index (κ1) is 15.4. The van der Waals surface area contributed by atoms with Gasteiger partial charge in [-0.1, -0.05) is 0 Å². The maximum atomic E-state index is 11.5. The Morgan fingerprint density at radius 1 is 1.24 bits per heavy atom. The Balaban J connectivity index is 4.47. The fourth-order valence-corrected chi connectivity index (χ4v) is 1.05. The van der Waals surface area contributed by atoms with Crippen LogP contribution < -0.4 is 11.1 Å². The molecule has 0 aromatic rings. The summed E-state index contributed by atoms with van der Waals surface area (Å²) in [6, 6.07) is 0. The molecule has 4 N–H and O–H groups in total. The van der Waals surface area contributed by atoms with Gasteiger partial charge in [-0.2, -0.15) is 12.6 Å². The molecule has 0 aliphatic carbocycles. The van der Waals surface area contributed by atoms with Crippen LogP contribution in [0.25, 0.3) is 0 Å². The molecule has 96 valence electrons. The lowest BCUT2D eigenvalue weighted by molar-refractivity contribution is -0.151. The fourth-order valence-electron chi connectivity index (χ4n) is 0.878. The molecule has 0 aliphatic rings. The number of imide groups is 1. The highest BCUT2D eigenvalue weighted by Crippen LogP contribution is 1.93. The summed E-state index contributed by atoms with van der Waals surface area (Å²) in [5, 5.41) is 10.7. The first-order valence-electron chi connectivity index (χ1n) is 4.55. The molecule has 0 saturated heterocycles. The Bertz CT molecular complexity index is 333. The van der Waals surface area contributed by atoms with Crippen LogP contribution in [0.4, 0.5) is 0 Å². The van der Waals surface area contributed by atoms with Crippen molar-refractivity contribution < 1.29 is 24.3 Å². The molecule has 0 heterocycles. The average Bonchev–Trinajstić information content (AvgIpc) is 2.31. The molecule has 0 atom stereocenters. The van der Waals surface area contributed by atoms with Gasteiger partial charge in [0.1, 0.15) is 6.54 Å². The fraction of sp³-hybridized carbons (Fsp3) is 0.500. The molecule has 8 nitrogen and oxygen atoms in total. The monoisotopic (exact) mass is 263 g/mol. The molecule has 0 radical (unpaired) electrons. The molecule has 0 aromatic carbocycles. The summed E-state index contributed by atoms with van der Waals surface area (Å²) in [6.45, 7) is -1.55. The molecule has 0 fully saturated rings. The third-order valence-corrected chi connectivity index (χ3v) is 1.92. The second kappa shape index (κ2) is 7.63. The van der Waals surface area contributed by atoms with Crippen LogP contribution in [0, 0.1) is 0 Å². The zero-order valence-electron chi connectivity index (χ0n) is 8.88. The molecular weight excluding hydrogens is 250 g/mol. The number of carbonyl (C=O) groups is 4. The molecular formula is C8H13N3O5S. The summed E-state index contributed by atoms with van der Waals surface area (Å²) in [4.78, 5) is 44.4. The van der Waals surface area contributed by atoms with Crippen LogP contribution in [0.5, 0.6) is 0 Å². The minimum Gasteiger partial charge on any atom is -0.480 e. The van der Waals surface area contributed by atoms with E-state index in [9.17, 15) is 19.2 Å². The lowest BCUT2D eigenvalue weighted by Crippen LogP contribution is -2.47. The van der Waals surface area contributed by atoms with Crippen molar-refractivity contribution in [1.29, 1.82) is 0 Å². The van der Waals surface area contributed by atoms with E-state index in [4.69, 9.17) is 10.8 Å². The van der Waals surface area contributed by atoms with Gasteiger partial charge in [0, 0.05) is 0 Å². The largest absolute Gasteiger partial charge is 0.480 e. The van der Waals surface area contributed by atoms with Gasteiger partial charge in [0.2, 0.25) is 17.7 Å². The van der Waals surface area contributed by atoms with Gasteiger partial charge in [0.25, 0.3) is 0 Å². The first-order valence-corrected chi connectivity index (χ1v) is 5.18. The van der Waals surface area contributed by atoms with Crippen LogP contribution in [0.15, 0.2) is 0 Å². The van der Waals surface area contributed by atoms with Gasteiger partial charge < -0.3 is 16.2 Å². The lowest BCUT2D eigenvalue weighted by Gasteiger charge is -2.17. The number of nitrogens with one attached hydrogen (secondary N) is 1. The van der Waals surface area contributed by atoms with Gasteiger partial charge in [0.15, 0.2) is 0 Å². The van der Waals surface area contributed by atoms with Crippen molar-refractivity contribution in [2.24, 2.45) is 5.73 Å². The predicted octanol–water partition coefficient (Wildman–Crippen LogP) is -2.57. The number of nitrogens with zero attached hydrogens (tertiary/aromatic N) is 1. The van der Waals surface area contributed by atoms with Gasteiger partial charge in [-0.25, -0.2) is 0 Å². The molecule has 0 rings (SSSR count). The van der Waals surface area contributed by atoms with Gasteiger partial charge >= 0.3 is 5.97 Å². The summed E-state index contributed by atoms with van der Waals surface area (Å²) in [5.74, 6) is -3.79. The Hall–Kier alpha value is -1.61. The highest BCUT2D eigenvalue weighted by Gasteiger charge is 2.22. The number of hydrogen-bond donors (Lipinski definition) is 4. The number of hydrogen-bond acceptors (Lipinski definition) is 6. The van der Waals surface area contributed by atoms with Crippen molar-refractivity contribution in [2.75, 3.05) is 25.4 Å². The Kier molecular flexibility index (Phi) is 6.91. The molecule has 0 aliphatic heterocycles. The Labute approximate surface area is 103 Å². The normalized spacial score (nSPS) is 9.53. The smallest absolute Gasteiger partial charge is 0.323 e. The highest BCUT2D eigenvalue weighted by molar-refractivity contribution is 7.81. The molecule has 0 saturated carbocycles. The van der Waals surface area contributed by atoms with E-state index in [1.165, 1.54) is 0 Å². The molecule has 0 spiro atoms. The molecule has 9 heteroatoms. The van der Waals surface area contributed by atoms with E-state index in [1.807, 2.05) is 0 Å². The number of thiol groups is 1. The third kappa shape index (κ3) is 5.88. The zero-order chi connectivity index (χ0) is 13.4. The molecule has 0 bridgehead atoms. The quantitative estimate of drug-likeness (QED) is 0.390. The van der Waals surface area contributed by atoms with Crippen LogP contribution in [-0.4, -0.2) is 59.1 Å². The molecule has 17 heavy (non-hydrogen) atoms. The highest BCUT2D eigenvalue weighted by atomic mass is 32.1. The van der Waals surface area contributed by atoms with Crippen molar-refractivity contribution in [3.63, 3.8) is 0 Å². The summed E-state index contributed by atoms with van der Waals surface area (Å²) < 4.78 is 0. The van der Waals surface area contributed by atoms with Gasteiger partial charge in [-0.15, -0.1) is 0 Å². The van der Waals surface area contributed by atoms with E-state index in [-0.39, 0.29) is 12.3 Å². The van der Waals surface area contributed by atoms with Crippen molar-refractivity contribution in [3.8, 4) is 0 Å². The Morgan fingerprint density at radius 2 is 1.82 bits per heavy atom. The second-order valence-corrected chi connectivity index (χ2v) is 3.22. The second-order valence-electron chi connectivity index (χ2n) is 2.91. The van der Waals surface area contributed by atoms with E-state index in [0.717, 1.165) is 0 Å². The minimum absolute atomic E-state index is 0.299. The summed E-state index contributed by atoms with van der Waals surface area (Å²) in [6.07, 6.45) is 0. The van der Waals surface area contributed by atoms with Crippen LogP contribution in [0.1, 0.15) is 0 Å². The topological polar surface area (TPSA) is 130 Å². The van der Waals surface area contributed by atoms with Crippen molar-refractivity contribution >= 4 is 36.3 Å². The number of rotatable bonds is 6. The van der Waals surface area contributed by atoms with Crippen LogP contribution in [0.3, 0.4) is 0 Å². The van der Waals surface area contributed by atoms with Crippen LogP contribution in [0.2, 0.25) is 0 Å². The first-order chi connectivity index (χ1) is 7.92. The van der Waals surface area contributed by atoms with Gasteiger partial charge in [-0.3, -0.25) is 24.1 Å². The zero-order valence-corrected chi connectivity index (χ0v) is 9.77. The number of carboxylic acids is 1. The number of amides is 3. The SMILES string of the molecule is NCC(=O)NCC(=O)N(CC(=O)O)C(=O)CS. The number of carboxylic acid groups (broad SMARTS) is 1. The van der Waals surface area contributed by atoms with Crippen molar-refractivity contribution in [3.05, 3.63) is 0 Å². The Morgan fingerprint density at radius 3 is 2.24 bits per heavy atom. The van der Waals surface area contributed by atoms with E-state index in [2.05, 4.69) is 17.9 Å². The number of nitrogens with two attached hydrogens (primary N) is 1. The lowest BCUT2D eigenvalue weighted by atomic mass is 10.4. The van der Waals surface area contributed by atoms with Crippen LogP contribution in [-0.2, 0) is 19.2 Å². The molecule has 0 aromatic heterocycles. The molecule has 3 amide bonds.